The molecule has 1 aromatic heterocycles. The van der Waals surface area contributed by atoms with Crippen LogP contribution in [0.5, 0.6) is 0 Å². The van der Waals surface area contributed by atoms with E-state index in [4.69, 9.17) is 5.73 Å². The van der Waals surface area contributed by atoms with Gasteiger partial charge in [-0.15, -0.1) is 11.3 Å². The van der Waals surface area contributed by atoms with E-state index in [1.165, 1.54) is 17.7 Å². The number of hydrogen-bond donors (Lipinski definition) is 2. The van der Waals surface area contributed by atoms with Crippen molar-refractivity contribution in [3.8, 4) is 0 Å². The normalized spacial score (nSPS) is 20.3. The molecule has 0 aromatic carbocycles. The molecule has 2 heterocycles. The summed E-state index contributed by atoms with van der Waals surface area (Å²) in [7, 11) is 0. The first-order chi connectivity index (χ1) is 10.1. The molecule has 21 heavy (non-hydrogen) atoms. The van der Waals surface area contributed by atoms with Crippen LogP contribution in [0.25, 0.3) is 0 Å². The smallest absolute Gasteiger partial charge is 0.218 e. The predicted octanol–water partition coefficient (Wildman–Crippen LogP) is 2.37. The molecule has 1 aromatic rings. The van der Waals surface area contributed by atoms with Gasteiger partial charge in [0, 0.05) is 23.9 Å². The molecular weight excluding hydrogens is 282 g/mol. The van der Waals surface area contributed by atoms with Gasteiger partial charge in [-0.05, 0) is 50.2 Å². The molecule has 1 amide bonds. The number of nitrogens with one attached hydrogen (secondary N) is 1. The third-order valence-electron chi connectivity index (χ3n) is 4.30. The third kappa shape index (κ3) is 5.09. The van der Waals surface area contributed by atoms with Crippen molar-refractivity contribution in [1.29, 1.82) is 0 Å². The van der Waals surface area contributed by atoms with E-state index in [1.54, 1.807) is 0 Å². The lowest BCUT2D eigenvalue weighted by molar-refractivity contribution is -0.118. The van der Waals surface area contributed by atoms with E-state index in [9.17, 15) is 4.79 Å². The number of carbonyl (C=O) groups excluding carboxylic acids is 1. The van der Waals surface area contributed by atoms with E-state index < -0.39 is 0 Å². The maximum atomic E-state index is 11.0. The van der Waals surface area contributed by atoms with Crippen molar-refractivity contribution in [2.24, 2.45) is 11.7 Å². The average Bonchev–Trinajstić information content (AvgIpc) is 2.94. The number of carbonyl (C=O) groups is 1. The molecule has 0 saturated carbocycles. The summed E-state index contributed by atoms with van der Waals surface area (Å²) in [6.07, 6.45) is 2.95. The number of likely N-dealkylation sites (tertiary alicyclic amines) is 1. The number of amides is 1. The van der Waals surface area contributed by atoms with Crippen LogP contribution in [-0.2, 0) is 4.79 Å². The molecule has 1 aliphatic heterocycles. The summed E-state index contributed by atoms with van der Waals surface area (Å²) in [5.74, 6) is 0.599. The van der Waals surface area contributed by atoms with Crippen molar-refractivity contribution in [3.63, 3.8) is 0 Å². The molecule has 2 rings (SSSR count). The second kappa shape index (κ2) is 7.92. The minimum absolute atomic E-state index is 0.133. The fourth-order valence-corrected chi connectivity index (χ4v) is 3.78. The van der Waals surface area contributed by atoms with Crippen LogP contribution in [0.4, 0.5) is 0 Å². The van der Waals surface area contributed by atoms with Gasteiger partial charge < -0.3 is 11.1 Å². The van der Waals surface area contributed by atoms with Gasteiger partial charge in [-0.1, -0.05) is 13.0 Å². The molecule has 1 fully saturated rings. The Morgan fingerprint density at radius 3 is 2.81 bits per heavy atom. The lowest BCUT2D eigenvalue weighted by atomic mass is 9.97. The molecule has 0 aliphatic carbocycles. The molecule has 118 valence electrons. The highest BCUT2D eigenvalue weighted by atomic mass is 32.1. The molecule has 2 unspecified atom stereocenters. The molecular formula is C16H27N3OS. The van der Waals surface area contributed by atoms with Gasteiger partial charge in [-0.3, -0.25) is 9.69 Å². The number of nitrogens with two attached hydrogens (primary N) is 1. The Bertz CT molecular complexity index is 427. The Hall–Kier alpha value is -0.910. The number of rotatable bonds is 7. The van der Waals surface area contributed by atoms with Crippen molar-refractivity contribution in [2.45, 2.75) is 45.2 Å². The minimum Gasteiger partial charge on any atom is -0.370 e. The molecule has 5 heteroatoms. The first-order valence-electron chi connectivity index (χ1n) is 7.85. The summed E-state index contributed by atoms with van der Waals surface area (Å²) in [6, 6.07) is 4.88. The number of hydrogen-bond acceptors (Lipinski definition) is 4. The van der Waals surface area contributed by atoms with Gasteiger partial charge in [-0.25, -0.2) is 0 Å². The Labute approximate surface area is 131 Å². The quantitative estimate of drug-likeness (QED) is 0.813. The van der Waals surface area contributed by atoms with Crippen LogP contribution in [0, 0.1) is 5.92 Å². The minimum atomic E-state index is -0.241. The highest BCUT2D eigenvalue weighted by molar-refractivity contribution is 7.10. The van der Waals surface area contributed by atoms with Gasteiger partial charge in [-0.2, -0.15) is 0 Å². The lowest BCUT2D eigenvalue weighted by Crippen LogP contribution is -2.42. The monoisotopic (exact) mass is 309 g/mol. The van der Waals surface area contributed by atoms with Gasteiger partial charge in [0.05, 0.1) is 6.04 Å². The van der Waals surface area contributed by atoms with Crippen molar-refractivity contribution in [3.05, 3.63) is 22.4 Å². The summed E-state index contributed by atoms with van der Waals surface area (Å²) >= 11 is 1.82. The Morgan fingerprint density at radius 1 is 1.52 bits per heavy atom. The van der Waals surface area contributed by atoms with Crippen molar-refractivity contribution < 1.29 is 4.79 Å². The molecule has 1 aliphatic rings. The van der Waals surface area contributed by atoms with Crippen LogP contribution in [0.3, 0.4) is 0 Å². The number of primary amides is 1. The molecule has 4 nitrogen and oxygen atoms in total. The van der Waals surface area contributed by atoms with Gasteiger partial charge in [0.25, 0.3) is 0 Å². The van der Waals surface area contributed by atoms with E-state index in [1.807, 2.05) is 18.3 Å². The maximum absolute atomic E-state index is 11.0. The lowest BCUT2D eigenvalue weighted by Gasteiger charge is -2.37. The standard InChI is InChI=1S/C16H27N3OS/c1-12-5-7-19(8-6-12)14(15-4-3-9-21-15)11-18-13(2)10-16(17)20/h3-4,9,12-14,18H,5-8,10-11H2,1-2H3,(H2,17,20). The zero-order chi connectivity index (χ0) is 15.2. The second-order valence-electron chi connectivity index (χ2n) is 6.23. The second-order valence-corrected chi connectivity index (χ2v) is 7.21. The molecule has 0 bridgehead atoms. The van der Waals surface area contributed by atoms with E-state index in [-0.39, 0.29) is 11.9 Å². The van der Waals surface area contributed by atoms with Crippen LogP contribution in [-0.4, -0.2) is 36.5 Å². The highest BCUT2D eigenvalue weighted by Gasteiger charge is 2.25. The molecule has 0 radical (unpaired) electrons. The topological polar surface area (TPSA) is 58.4 Å². The summed E-state index contributed by atoms with van der Waals surface area (Å²) in [5.41, 5.74) is 5.27. The number of thiophene rings is 1. The third-order valence-corrected chi connectivity index (χ3v) is 5.27. The Morgan fingerprint density at radius 2 is 2.24 bits per heavy atom. The molecule has 3 N–H and O–H groups in total. The van der Waals surface area contributed by atoms with Crippen LogP contribution in [0.15, 0.2) is 17.5 Å². The first-order valence-corrected chi connectivity index (χ1v) is 8.73. The van der Waals surface area contributed by atoms with Crippen LogP contribution in [0.2, 0.25) is 0 Å². The van der Waals surface area contributed by atoms with E-state index in [0.29, 0.717) is 12.5 Å². The van der Waals surface area contributed by atoms with Gasteiger partial charge >= 0.3 is 0 Å². The van der Waals surface area contributed by atoms with Crippen LogP contribution in [0.1, 0.15) is 44.0 Å². The highest BCUT2D eigenvalue weighted by Crippen LogP contribution is 2.29. The van der Waals surface area contributed by atoms with Crippen LogP contribution >= 0.6 is 11.3 Å². The largest absolute Gasteiger partial charge is 0.370 e. The Kier molecular flexibility index (Phi) is 6.21. The van der Waals surface area contributed by atoms with Crippen molar-refractivity contribution >= 4 is 17.2 Å². The SMILES string of the molecule is CC1CCN(C(CNC(C)CC(N)=O)c2cccs2)CC1. The first kappa shape index (κ1) is 16.5. The van der Waals surface area contributed by atoms with E-state index >= 15 is 0 Å². The summed E-state index contributed by atoms with van der Waals surface area (Å²) in [6.45, 7) is 7.56. The molecule has 0 spiro atoms. The number of nitrogens with zero attached hydrogens (tertiary/aromatic N) is 1. The molecule has 1 saturated heterocycles. The van der Waals surface area contributed by atoms with Crippen molar-refractivity contribution in [2.75, 3.05) is 19.6 Å². The zero-order valence-corrected chi connectivity index (χ0v) is 13.9. The van der Waals surface area contributed by atoms with Gasteiger partial charge in [0.2, 0.25) is 5.91 Å². The Balaban J connectivity index is 1.95. The summed E-state index contributed by atoms with van der Waals surface area (Å²) < 4.78 is 0. The summed E-state index contributed by atoms with van der Waals surface area (Å²) in [4.78, 5) is 15.0. The average molecular weight is 309 g/mol. The van der Waals surface area contributed by atoms with Crippen molar-refractivity contribution in [1.82, 2.24) is 10.2 Å². The van der Waals surface area contributed by atoms with Gasteiger partial charge in [0.1, 0.15) is 0 Å². The predicted molar refractivity (Wildman–Crippen MR) is 88.3 cm³/mol. The summed E-state index contributed by atoms with van der Waals surface area (Å²) in [5, 5.41) is 5.62. The zero-order valence-electron chi connectivity index (χ0n) is 13.0. The molecule has 2 atom stereocenters. The van der Waals surface area contributed by atoms with E-state index in [2.05, 4.69) is 34.7 Å². The number of piperidine rings is 1. The van der Waals surface area contributed by atoms with Gasteiger partial charge in [0.15, 0.2) is 0 Å². The van der Waals surface area contributed by atoms with E-state index in [0.717, 1.165) is 25.6 Å². The van der Waals surface area contributed by atoms with Crippen LogP contribution < -0.4 is 11.1 Å². The maximum Gasteiger partial charge on any atom is 0.218 e. The fourth-order valence-electron chi connectivity index (χ4n) is 2.92. The fraction of sp³-hybridized carbons (Fsp3) is 0.688.